The van der Waals surface area contributed by atoms with E-state index in [1.165, 1.54) is 14.2 Å². The zero-order valence-electron chi connectivity index (χ0n) is 13.2. The molecular weight excluding hydrogens is 292 g/mol. The molecule has 0 aromatic heterocycles. The molecule has 3 rings (SSSR count). The predicted octanol–water partition coefficient (Wildman–Crippen LogP) is 3.21. The normalized spacial score (nSPS) is 20.0. The van der Waals surface area contributed by atoms with Gasteiger partial charge in [-0.1, -0.05) is 36.4 Å². The quantitative estimate of drug-likeness (QED) is 0.805. The predicted molar refractivity (Wildman–Crippen MR) is 86.4 cm³/mol. The number of Topliss-reactive ketones (excluding diaryl/α,β-unsaturated/α-hetero) is 2. The minimum Gasteiger partial charge on any atom is -0.489 e. The fraction of sp³-hybridized carbons (Fsp3) is 0.263. The number of benzene rings is 1. The highest BCUT2D eigenvalue weighted by molar-refractivity contribution is 6.25. The Kier molecular flexibility index (Phi) is 4.15. The summed E-state index contributed by atoms with van der Waals surface area (Å²) in [7, 11) is 2.77. The summed E-state index contributed by atoms with van der Waals surface area (Å²) in [4.78, 5) is 25.4. The van der Waals surface area contributed by atoms with Crippen molar-refractivity contribution in [1.82, 2.24) is 0 Å². The second kappa shape index (κ2) is 6.24. The molecule has 4 heteroatoms. The summed E-state index contributed by atoms with van der Waals surface area (Å²) in [6.45, 7) is 0. The van der Waals surface area contributed by atoms with Gasteiger partial charge in [0, 0.05) is 11.1 Å². The van der Waals surface area contributed by atoms with Crippen molar-refractivity contribution in [3.63, 3.8) is 0 Å². The average molecular weight is 310 g/mol. The Balaban J connectivity index is 2.11. The van der Waals surface area contributed by atoms with Crippen molar-refractivity contribution >= 4 is 17.6 Å². The van der Waals surface area contributed by atoms with Gasteiger partial charge in [-0.2, -0.15) is 0 Å². The molecule has 0 radical (unpaired) electrons. The topological polar surface area (TPSA) is 52.6 Å². The van der Waals surface area contributed by atoms with Crippen molar-refractivity contribution in [3.8, 4) is 0 Å². The van der Waals surface area contributed by atoms with Crippen LogP contribution in [0, 0.1) is 0 Å². The van der Waals surface area contributed by atoms with Gasteiger partial charge in [-0.15, -0.1) is 0 Å². The molecule has 0 amide bonds. The first-order valence-electron chi connectivity index (χ1n) is 7.58. The smallest absolute Gasteiger partial charge is 0.232 e. The van der Waals surface area contributed by atoms with E-state index in [1.807, 2.05) is 36.4 Å². The van der Waals surface area contributed by atoms with Crippen LogP contribution in [-0.2, 0) is 19.1 Å². The molecule has 0 heterocycles. The highest BCUT2D eigenvalue weighted by Gasteiger charge is 2.39. The Morgan fingerprint density at radius 3 is 2.22 bits per heavy atom. The first-order chi connectivity index (χ1) is 11.2. The van der Waals surface area contributed by atoms with E-state index in [9.17, 15) is 9.59 Å². The molecule has 0 saturated heterocycles. The van der Waals surface area contributed by atoms with Crippen LogP contribution in [0.4, 0.5) is 0 Å². The van der Waals surface area contributed by atoms with Gasteiger partial charge in [0.05, 0.1) is 14.2 Å². The Hall–Kier alpha value is -2.62. The van der Waals surface area contributed by atoms with Crippen LogP contribution in [0.1, 0.15) is 24.8 Å². The molecule has 2 aliphatic rings. The molecule has 0 fully saturated rings. The lowest BCUT2D eigenvalue weighted by atomic mass is 9.78. The number of allylic oxidation sites excluding steroid dienone is 3. The third-order valence-electron chi connectivity index (χ3n) is 4.16. The van der Waals surface area contributed by atoms with Crippen molar-refractivity contribution in [3.05, 3.63) is 64.1 Å². The van der Waals surface area contributed by atoms with E-state index in [0.717, 1.165) is 24.0 Å². The highest BCUT2D eigenvalue weighted by Crippen LogP contribution is 2.38. The number of ketones is 2. The van der Waals surface area contributed by atoms with Gasteiger partial charge in [-0.3, -0.25) is 9.59 Å². The first kappa shape index (κ1) is 15.3. The minimum absolute atomic E-state index is 0.00267. The van der Waals surface area contributed by atoms with Gasteiger partial charge in [-0.25, -0.2) is 0 Å². The molecule has 1 aromatic rings. The molecule has 0 atom stereocenters. The molecule has 1 aromatic carbocycles. The minimum atomic E-state index is -0.263. The Bertz CT molecular complexity index is 751. The van der Waals surface area contributed by atoms with Crippen molar-refractivity contribution in [2.75, 3.05) is 14.2 Å². The largest absolute Gasteiger partial charge is 0.489 e. The average Bonchev–Trinajstić information content (AvgIpc) is 2.58. The number of hydrogen-bond acceptors (Lipinski definition) is 4. The van der Waals surface area contributed by atoms with Crippen LogP contribution in [0.25, 0.3) is 6.08 Å². The molecule has 0 aliphatic heterocycles. The summed E-state index contributed by atoms with van der Waals surface area (Å²) in [5.41, 5.74) is 2.93. The van der Waals surface area contributed by atoms with Crippen LogP contribution in [0.2, 0.25) is 0 Å². The monoisotopic (exact) mass is 310 g/mol. The Morgan fingerprint density at radius 1 is 0.913 bits per heavy atom. The van der Waals surface area contributed by atoms with E-state index < -0.39 is 0 Å². The number of carbonyl (C=O) groups is 2. The number of ether oxygens (including phenoxy) is 2. The standard InChI is InChI=1S/C19H18O4/c1-22-18-16(20)14-10-6-9-13(11-12-7-4-3-5-8-12)15(14)17(21)19(18)23-2/h3-5,7-8,11H,6,9-10H2,1-2H3/b13-11+. The SMILES string of the molecule is COC1=C(OC)C(=O)C2=C(CCC/C2=C\c2ccccc2)C1=O. The second-order valence-electron chi connectivity index (χ2n) is 5.51. The summed E-state index contributed by atoms with van der Waals surface area (Å²) < 4.78 is 10.3. The molecular formula is C19H18O4. The highest BCUT2D eigenvalue weighted by atomic mass is 16.5. The summed E-state index contributed by atoms with van der Waals surface area (Å²) in [5.74, 6) is -0.493. The molecule has 0 spiro atoms. The van der Waals surface area contributed by atoms with Crippen LogP contribution in [0.5, 0.6) is 0 Å². The summed E-state index contributed by atoms with van der Waals surface area (Å²) in [6.07, 6.45) is 4.18. The molecule has 118 valence electrons. The molecule has 4 nitrogen and oxygen atoms in total. The van der Waals surface area contributed by atoms with Crippen LogP contribution in [-0.4, -0.2) is 25.8 Å². The van der Waals surface area contributed by atoms with Crippen LogP contribution in [0.15, 0.2) is 58.6 Å². The first-order valence-corrected chi connectivity index (χ1v) is 7.58. The van der Waals surface area contributed by atoms with Gasteiger partial charge in [0.1, 0.15) is 0 Å². The van der Waals surface area contributed by atoms with Gasteiger partial charge in [-0.05, 0) is 30.4 Å². The Morgan fingerprint density at radius 2 is 1.57 bits per heavy atom. The summed E-state index contributed by atoms with van der Waals surface area (Å²) in [6, 6.07) is 9.79. The van der Waals surface area contributed by atoms with Gasteiger partial charge in [0.2, 0.25) is 23.1 Å². The zero-order valence-corrected chi connectivity index (χ0v) is 13.2. The maximum absolute atomic E-state index is 12.8. The second-order valence-corrected chi connectivity index (χ2v) is 5.51. The lowest BCUT2D eigenvalue weighted by Gasteiger charge is -2.27. The third kappa shape index (κ3) is 2.61. The van der Waals surface area contributed by atoms with Crippen LogP contribution >= 0.6 is 0 Å². The molecule has 0 saturated carbocycles. The molecule has 23 heavy (non-hydrogen) atoms. The zero-order chi connectivity index (χ0) is 16.4. The van der Waals surface area contributed by atoms with Crippen molar-refractivity contribution in [2.24, 2.45) is 0 Å². The fourth-order valence-electron chi connectivity index (χ4n) is 3.13. The lowest BCUT2D eigenvalue weighted by molar-refractivity contribution is -0.121. The fourth-order valence-corrected chi connectivity index (χ4v) is 3.13. The maximum Gasteiger partial charge on any atom is 0.232 e. The van der Waals surface area contributed by atoms with Crippen molar-refractivity contribution in [2.45, 2.75) is 19.3 Å². The van der Waals surface area contributed by atoms with E-state index >= 15 is 0 Å². The van der Waals surface area contributed by atoms with E-state index in [0.29, 0.717) is 17.6 Å². The third-order valence-corrected chi connectivity index (χ3v) is 4.16. The Labute approximate surface area is 135 Å². The van der Waals surface area contributed by atoms with Gasteiger partial charge < -0.3 is 9.47 Å². The van der Waals surface area contributed by atoms with E-state index in [4.69, 9.17) is 9.47 Å². The lowest BCUT2D eigenvalue weighted by Crippen LogP contribution is -2.28. The van der Waals surface area contributed by atoms with Gasteiger partial charge in [0.15, 0.2) is 0 Å². The van der Waals surface area contributed by atoms with E-state index in [2.05, 4.69) is 0 Å². The van der Waals surface area contributed by atoms with Crippen LogP contribution in [0.3, 0.4) is 0 Å². The molecule has 0 bridgehead atoms. The number of hydrogen-bond donors (Lipinski definition) is 0. The van der Waals surface area contributed by atoms with E-state index in [1.54, 1.807) is 0 Å². The molecule has 2 aliphatic carbocycles. The number of rotatable bonds is 3. The van der Waals surface area contributed by atoms with Crippen LogP contribution < -0.4 is 0 Å². The maximum atomic E-state index is 12.8. The van der Waals surface area contributed by atoms with E-state index in [-0.39, 0.29) is 23.1 Å². The molecule has 0 unspecified atom stereocenters. The van der Waals surface area contributed by atoms with Crippen molar-refractivity contribution in [1.29, 1.82) is 0 Å². The summed E-state index contributed by atoms with van der Waals surface area (Å²) in [5, 5.41) is 0. The van der Waals surface area contributed by atoms with Gasteiger partial charge >= 0.3 is 0 Å². The number of methoxy groups -OCH3 is 2. The molecule has 0 N–H and O–H groups in total. The summed E-state index contributed by atoms with van der Waals surface area (Å²) >= 11 is 0. The van der Waals surface area contributed by atoms with Gasteiger partial charge in [0.25, 0.3) is 0 Å². The number of carbonyl (C=O) groups excluding carboxylic acids is 2. The van der Waals surface area contributed by atoms with Crippen molar-refractivity contribution < 1.29 is 19.1 Å².